The quantitative estimate of drug-likeness (QED) is 0.219. The molecule has 0 radical (unpaired) electrons. The van der Waals surface area contributed by atoms with Gasteiger partial charge in [-0.2, -0.15) is 14.0 Å². The van der Waals surface area contributed by atoms with E-state index in [1.165, 1.54) is 30.2 Å². The summed E-state index contributed by atoms with van der Waals surface area (Å²) in [4.78, 5) is 47.0. The lowest BCUT2D eigenvalue weighted by Gasteiger charge is -2.37. The number of halogens is 3. The van der Waals surface area contributed by atoms with Crippen LogP contribution in [0.25, 0.3) is 11.3 Å². The molecule has 0 saturated carbocycles. The smallest absolute Gasteiger partial charge is 0.411 e. The Balaban J connectivity index is 1.52. The molecule has 2 bridgehead atoms. The Morgan fingerprint density at radius 2 is 2.00 bits per heavy atom. The van der Waals surface area contributed by atoms with Crippen LogP contribution in [0.1, 0.15) is 66.9 Å². The summed E-state index contributed by atoms with van der Waals surface area (Å²) < 4.78 is 41.2. The number of aliphatic carboxylic acids is 1. The number of carbonyl (C=O) groups is 3. The van der Waals surface area contributed by atoms with E-state index in [0.29, 0.717) is 47.6 Å². The molecule has 4 N–H and O–H groups in total. The van der Waals surface area contributed by atoms with Crippen molar-refractivity contribution in [3.05, 3.63) is 58.0 Å². The molecule has 1 unspecified atom stereocenters. The second-order valence-corrected chi connectivity index (χ2v) is 11.5. The molecule has 1 aromatic heterocycles. The van der Waals surface area contributed by atoms with Crippen LogP contribution in [0.5, 0.6) is 5.75 Å². The number of aromatic nitrogens is 2. The number of nitrogens with zero attached hydrogens (tertiary/aromatic N) is 3. The number of amides is 2. The number of imidazole rings is 1. The molecule has 3 aromatic rings. The number of rotatable bonds is 6. The van der Waals surface area contributed by atoms with Gasteiger partial charge in [0, 0.05) is 40.5 Å². The number of hydrogen-bond donors (Lipinski definition) is 4. The Bertz CT molecular complexity index is 1730. The molecule has 3 atom stereocenters. The molecule has 2 amide bonds. The van der Waals surface area contributed by atoms with Crippen LogP contribution in [0.4, 0.5) is 29.7 Å². The van der Waals surface area contributed by atoms with Crippen LogP contribution in [0.15, 0.2) is 30.3 Å². The van der Waals surface area contributed by atoms with E-state index >= 15 is 0 Å². The predicted octanol–water partition coefficient (Wildman–Crippen LogP) is 6.75. The number of nitrogens with one attached hydrogen (secondary N) is 3. The highest BCUT2D eigenvalue weighted by atomic mass is 35.5. The molecule has 2 aliphatic heterocycles. The number of nitriles is 1. The van der Waals surface area contributed by atoms with Crippen molar-refractivity contribution in [3.63, 3.8) is 0 Å². The number of anilines is 2. The zero-order valence-corrected chi connectivity index (χ0v) is 26.1. The molecule has 47 heavy (non-hydrogen) atoms. The van der Waals surface area contributed by atoms with E-state index in [2.05, 4.69) is 31.4 Å². The third-order valence-corrected chi connectivity index (χ3v) is 8.27. The SMILES string of the molecule is COC(=O)Nc1cc(C)c2c(c1)N[C@@H](C(=O)O)CCCC[C@H](N1CCC(c3cc(Cl)ccc3OC(F)F)OC1=O)c1nc(C#N)c-2[nH]1. The molecule has 248 valence electrons. The van der Waals surface area contributed by atoms with Crippen molar-refractivity contribution < 1.29 is 42.5 Å². The largest absolute Gasteiger partial charge is 0.480 e. The van der Waals surface area contributed by atoms with Crippen LogP contribution >= 0.6 is 11.6 Å². The fourth-order valence-corrected chi connectivity index (χ4v) is 6.11. The Labute approximate surface area is 272 Å². The lowest BCUT2D eigenvalue weighted by atomic mass is 9.98. The van der Waals surface area contributed by atoms with Gasteiger partial charge in [-0.15, -0.1) is 0 Å². The summed E-state index contributed by atoms with van der Waals surface area (Å²) in [5.74, 6) is -0.938. The van der Waals surface area contributed by atoms with Crippen molar-refractivity contribution in [3.8, 4) is 23.1 Å². The minimum atomic E-state index is -3.09. The number of fused-ring (bicyclic) bond motifs is 4. The first kappa shape index (κ1) is 33.3. The molecule has 3 heterocycles. The summed E-state index contributed by atoms with van der Waals surface area (Å²) in [6.45, 7) is -1.22. The number of carbonyl (C=O) groups excluding carboxylic acids is 2. The van der Waals surface area contributed by atoms with Gasteiger partial charge in [0.2, 0.25) is 0 Å². The fraction of sp³-hybridized carbons (Fsp3) is 0.387. The van der Waals surface area contributed by atoms with Gasteiger partial charge < -0.3 is 29.6 Å². The number of ether oxygens (including phenoxy) is 3. The average molecular weight is 673 g/mol. The van der Waals surface area contributed by atoms with E-state index in [9.17, 15) is 33.5 Å². The summed E-state index contributed by atoms with van der Waals surface area (Å²) >= 11 is 6.12. The van der Waals surface area contributed by atoms with Crippen molar-refractivity contribution in [2.24, 2.45) is 0 Å². The lowest BCUT2D eigenvalue weighted by molar-refractivity contribution is -0.138. The highest BCUT2D eigenvalue weighted by molar-refractivity contribution is 6.30. The third-order valence-electron chi connectivity index (χ3n) is 8.03. The van der Waals surface area contributed by atoms with Crippen LogP contribution in [0.2, 0.25) is 5.02 Å². The minimum absolute atomic E-state index is 0.00641. The van der Waals surface area contributed by atoms with Gasteiger partial charge in [0.05, 0.1) is 18.8 Å². The topological polar surface area (TPSA) is 179 Å². The summed E-state index contributed by atoms with van der Waals surface area (Å²) in [6, 6.07) is 7.66. The van der Waals surface area contributed by atoms with E-state index in [0.717, 1.165) is 0 Å². The van der Waals surface area contributed by atoms with Gasteiger partial charge in [-0.1, -0.05) is 24.4 Å². The van der Waals surface area contributed by atoms with Crippen molar-refractivity contribution in [1.82, 2.24) is 14.9 Å². The number of carboxylic acids is 1. The van der Waals surface area contributed by atoms with Crippen molar-refractivity contribution in [2.75, 3.05) is 24.3 Å². The lowest BCUT2D eigenvalue weighted by Crippen LogP contribution is -2.42. The number of cyclic esters (lactones) is 1. The molecular formula is C31H31ClF2N6O7. The van der Waals surface area contributed by atoms with Gasteiger partial charge in [-0.3, -0.25) is 10.2 Å². The number of benzene rings is 2. The first-order valence-electron chi connectivity index (χ1n) is 14.7. The maximum absolute atomic E-state index is 13.5. The molecule has 5 rings (SSSR count). The van der Waals surface area contributed by atoms with Crippen LogP contribution in [-0.2, 0) is 14.3 Å². The molecule has 2 aromatic carbocycles. The maximum Gasteiger partial charge on any atom is 0.411 e. The molecule has 1 saturated heterocycles. The predicted molar refractivity (Wildman–Crippen MR) is 164 cm³/mol. The van der Waals surface area contributed by atoms with Gasteiger partial charge in [-0.25, -0.2) is 19.4 Å². The van der Waals surface area contributed by atoms with E-state index in [-0.39, 0.29) is 47.1 Å². The summed E-state index contributed by atoms with van der Waals surface area (Å²) in [5.41, 5.74) is 2.20. The number of methoxy groups -OCH3 is 1. The monoisotopic (exact) mass is 672 g/mol. The van der Waals surface area contributed by atoms with Crippen LogP contribution in [-0.4, -0.2) is 64.4 Å². The van der Waals surface area contributed by atoms with Gasteiger partial charge in [-0.05, 0) is 55.7 Å². The highest BCUT2D eigenvalue weighted by Crippen LogP contribution is 2.41. The van der Waals surface area contributed by atoms with Crippen LogP contribution in [0.3, 0.4) is 0 Å². The van der Waals surface area contributed by atoms with Gasteiger partial charge in [0.15, 0.2) is 5.69 Å². The van der Waals surface area contributed by atoms with Crippen molar-refractivity contribution >= 4 is 41.1 Å². The highest BCUT2D eigenvalue weighted by Gasteiger charge is 2.37. The maximum atomic E-state index is 13.5. The van der Waals surface area contributed by atoms with Crippen molar-refractivity contribution in [1.29, 1.82) is 5.26 Å². The third kappa shape index (κ3) is 7.33. The standard InChI is InChI=1S/C31H31ClF2N6O7/c1-15-11-17(36-30(43)45-2)13-20-25(15)26-21(14-35)38-27(39-26)22(6-4-3-5-19(37-20)28(41)42)40-10-9-24(47-31(40)44)18-12-16(32)7-8-23(18)46-29(33)34/h7-8,11-13,19,22,24,29,37H,3-6,9-10H2,1-2H3,(H,36,43)(H,38,39)(H,41,42)/t19-,22+,24?/m1/s1. The van der Waals surface area contributed by atoms with Crippen LogP contribution in [0, 0.1) is 18.3 Å². The number of carboxylic acid groups (broad SMARTS) is 1. The summed E-state index contributed by atoms with van der Waals surface area (Å²) in [6.07, 6.45) is -0.637. The van der Waals surface area contributed by atoms with E-state index in [1.807, 2.05) is 0 Å². The molecule has 2 aliphatic rings. The second-order valence-electron chi connectivity index (χ2n) is 11.0. The zero-order chi connectivity index (χ0) is 33.8. The number of alkyl halides is 2. The molecule has 13 nitrogen and oxygen atoms in total. The normalized spacial score (nSPS) is 19.6. The molecule has 16 heteroatoms. The Morgan fingerprint density at radius 1 is 1.23 bits per heavy atom. The zero-order valence-electron chi connectivity index (χ0n) is 25.3. The van der Waals surface area contributed by atoms with Crippen molar-refractivity contribution in [2.45, 2.75) is 63.8 Å². The van der Waals surface area contributed by atoms with Gasteiger partial charge in [0.1, 0.15) is 29.8 Å². The Morgan fingerprint density at radius 3 is 2.68 bits per heavy atom. The molecule has 0 aliphatic carbocycles. The minimum Gasteiger partial charge on any atom is -0.480 e. The molecule has 1 fully saturated rings. The fourth-order valence-electron chi connectivity index (χ4n) is 5.93. The Kier molecular flexibility index (Phi) is 10.00. The van der Waals surface area contributed by atoms with Gasteiger partial charge >= 0.3 is 24.8 Å². The molecule has 0 spiro atoms. The molecular weight excluding hydrogens is 642 g/mol. The van der Waals surface area contributed by atoms with Crippen LogP contribution < -0.4 is 15.4 Å². The number of H-pyrrole nitrogens is 1. The number of aryl methyl sites for hydroxylation is 1. The number of aromatic amines is 1. The first-order chi connectivity index (χ1) is 22.5. The number of hydrogen-bond acceptors (Lipinski definition) is 9. The van der Waals surface area contributed by atoms with E-state index in [4.69, 9.17) is 21.1 Å². The van der Waals surface area contributed by atoms with E-state index < -0.39 is 43.0 Å². The summed E-state index contributed by atoms with van der Waals surface area (Å²) in [5, 5.41) is 26.0. The Hall–Kier alpha value is -5.10. The average Bonchev–Trinajstić information content (AvgIpc) is 3.44. The van der Waals surface area contributed by atoms with E-state index in [1.54, 1.807) is 19.1 Å². The van der Waals surface area contributed by atoms with Gasteiger partial charge in [0.25, 0.3) is 0 Å². The summed E-state index contributed by atoms with van der Waals surface area (Å²) in [7, 11) is 1.21. The second kappa shape index (κ2) is 14.1. The first-order valence-corrected chi connectivity index (χ1v) is 15.1.